The number of piperidine rings is 1. The maximum absolute atomic E-state index is 11.9. The van der Waals surface area contributed by atoms with Crippen molar-refractivity contribution < 1.29 is 14.3 Å². The fraction of sp³-hybridized carbons (Fsp3) is 0.556. The van der Waals surface area contributed by atoms with Crippen molar-refractivity contribution in [1.82, 2.24) is 0 Å². The Hall–Kier alpha value is -1.46. The van der Waals surface area contributed by atoms with Crippen LogP contribution in [0.5, 0.6) is 0 Å². The molecule has 0 bridgehead atoms. The molecule has 0 spiro atoms. The molecule has 1 aliphatic heterocycles. The first-order chi connectivity index (χ1) is 11.8. The van der Waals surface area contributed by atoms with Crippen LogP contribution in [0.2, 0.25) is 0 Å². The first kappa shape index (κ1) is 18.3. The number of hydrogen-bond acceptors (Lipinski definition) is 4. The van der Waals surface area contributed by atoms with E-state index in [-0.39, 0.29) is 6.61 Å². The predicted molar refractivity (Wildman–Crippen MR) is 99.3 cm³/mol. The van der Waals surface area contributed by atoms with Crippen LogP contribution in [0.25, 0.3) is 0 Å². The van der Waals surface area contributed by atoms with Crippen LogP contribution < -0.4 is 10.2 Å². The molecule has 1 aromatic carbocycles. The maximum Gasteiger partial charge on any atom is 0.315 e. The van der Waals surface area contributed by atoms with Crippen molar-refractivity contribution in [3.63, 3.8) is 0 Å². The highest BCUT2D eigenvalue weighted by atomic mass is 35.5. The van der Waals surface area contributed by atoms with E-state index in [4.69, 9.17) is 27.9 Å². The SMILES string of the molecule is C[C@]1(C(=O)OCC(=O)Nc2ccc(N3CCCCC3)cc2)CC1(Cl)Cl. The lowest BCUT2D eigenvalue weighted by atomic mass is 10.1. The molecule has 2 fully saturated rings. The topological polar surface area (TPSA) is 58.6 Å². The smallest absolute Gasteiger partial charge is 0.315 e. The monoisotopic (exact) mass is 384 g/mol. The first-order valence-corrected chi connectivity index (χ1v) is 9.27. The van der Waals surface area contributed by atoms with E-state index in [0.29, 0.717) is 12.1 Å². The van der Waals surface area contributed by atoms with E-state index in [9.17, 15) is 9.59 Å². The summed E-state index contributed by atoms with van der Waals surface area (Å²) in [5.74, 6) is -0.939. The van der Waals surface area contributed by atoms with Crippen molar-refractivity contribution in [3.05, 3.63) is 24.3 Å². The number of hydrogen-bond donors (Lipinski definition) is 1. The molecule has 5 nitrogen and oxygen atoms in total. The van der Waals surface area contributed by atoms with Crippen molar-refractivity contribution in [3.8, 4) is 0 Å². The number of esters is 1. The summed E-state index contributed by atoms with van der Waals surface area (Å²) in [7, 11) is 0. The molecule has 136 valence electrons. The van der Waals surface area contributed by atoms with Gasteiger partial charge in [0.15, 0.2) is 6.61 Å². The minimum atomic E-state index is -1.09. The Bertz CT molecular complexity index is 657. The number of halogens is 2. The lowest BCUT2D eigenvalue weighted by molar-refractivity contribution is -0.152. The Morgan fingerprint density at radius 2 is 1.76 bits per heavy atom. The van der Waals surface area contributed by atoms with E-state index in [1.54, 1.807) is 6.92 Å². The number of alkyl halides is 2. The van der Waals surface area contributed by atoms with Gasteiger partial charge in [0.1, 0.15) is 9.75 Å². The van der Waals surface area contributed by atoms with Gasteiger partial charge < -0.3 is 15.0 Å². The Morgan fingerprint density at radius 3 is 2.32 bits per heavy atom. The molecule has 2 aliphatic rings. The summed E-state index contributed by atoms with van der Waals surface area (Å²) >= 11 is 11.9. The van der Waals surface area contributed by atoms with Crippen LogP contribution in [0.15, 0.2) is 24.3 Å². The standard InChI is InChI=1S/C18H22Cl2N2O3/c1-17(12-18(17,19)20)16(24)25-11-15(23)21-13-5-7-14(8-6-13)22-9-3-2-4-10-22/h5-8H,2-4,9-12H2,1H3,(H,21,23)/t17-/m1/s1. The van der Waals surface area contributed by atoms with Gasteiger partial charge in [-0.25, -0.2) is 0 Å². The van der Waals surface area contributed by atoms with Crippen LogP contribution >= 0.6 is 23.2 Å². The summed E-state index contributed by atoms with van der Waals surface area (Å²) in [5, 5.41) is 2.72. The molecule has 3 rings (SSSR count). The second-order valence-electron chi connectivity index (χ2n) is 6.93. The first-order valence-electron chi connectivity index (χ1n) is 8.52. The number of carbonyl (C=O) groups is 2. The van der Waals surface area contributed by atoms with E-state index in [1.807, 2.05) is 24.3 Å². The van der Waals surface area contributed by atoms with Gasteiger partial charge >= 0.3 is 5.97 Å². The molecule has 1 saturated heterocycles. The molecule has 0 aromatic heterocycles. The Balaban J connectivity index is 1.47. The summed E-state index contributed by atoms with van der Waals surface area (Å²) in [4.78, 5) is 26.2. The molecule has 1 saturated carbocycles. The number of benzene rings is 1. The van der Waals surface area contributed by atoms with Crippen molar-refractivity contribution >= 4 is 46.5 Å². The van der Waals surface area contributed by atoms with Gasteiger partial charge in [0.2, 0.25) is 0 Å². The lowest BCUT2D eigenvalue weighted by Crippen LogP contribution is -2.29. The number of ether oxygens (including phenoxy) is 1. The van der Waals surface area contributed by atoms with Gasteiger partial charge in [0, 0.05) is 30.9 Å². The van der Waals surface area contributed by atoms with Crippen LogP contribution in [0.4, 0.5) is 11.4 Å². The molecular formula is C18H22Cl2N2O3. The van der Waals surface area contributed by atoms with Crippen LogP contribution in [0.3, 0.4) is 0 Å². The highest BCUT2D eigenvalue weighted by molar-refractivity contribution is 6.53. The number of nitrogens with zero attached hydrogens (tertiary/aromatic N) is 1. The minimum Gasteiger partial charge on any atom is -0.455 e. The summed E-state index contributed by atoms with van der Waals surface area (Å²) in [6.45, 7) is 3.42. The van der Waals surface area contributed by atoms with Crippen LogP contribution in [-0.2, 0) is 14.3 Å². The normalized spacial score (nSPS) is 24.5. The molecule has 25 heavy (non-hydrogen) atoms. The van der Waals surface area contributed by atoms with Crippen LogP contribution in [0, 0.1) is 5.41 Å². The molecule has 1 atom stereocenters. The Labute approximate surface area is 157 Å². The number of carbonyl (C=O) groups excluding carboxylic acids is 2. The number of rotatable bonds is 5. The molecular weight excluding hydrogens is 363 g/mol. The van der Waals surface area contributed by atoms with Gasteiger partial charge in [-0.3, -0.25) is 9.59 Å². The predicted octanol–water partition coefficient (Wildman–Crippen LogP) is 3.74. The molecule has 0 unspecified atom stereocenters. The molecule has 1 amide bonds. The Kier molecular flexibility index (Phi) is 5.16. The van der Waals surface area contributed by atoms with Crippen molar-refractivity contribution in [1.29, 1.82) is 0 Å². The van der Waals surface area contributed by atoms with Crippen LogP contribution in [-0.4, -0.2) is 35.9 Å². The third kappa shape index (κ3) is 4.04. The number of amides is 1. The number of nitrogens with one attached hydrogen (secondary N) is 1. The van der Waals surface area contributed by atoms with Crippen molar-refractivity contribution in [2.24, 2.45) is 5.41 Å². The molecule has 1 heterocycles. The molecule has 1 N–H and O–H groups in total. The van der Waals surface area contributed by atoms with E-state index < -0.39 is 21.6 Å². The summed E-state index contributed by atoms with van der Waals surface area (Å²) in [6.07, 6.45) is 4.06. The third-order valence-electron chi connectivity index (χ3n) is 4.91. The molecule has 0 radical (unpaired) electrons. The number of anilines is 2. The molecule has 1 aromatic rings. The highest BCUT2D eigenvalue weighted by Gasteiger charge is 2.69. The molecule has 1 aliphatic carbocycles. The average Bonchev–Trinajstić information content (AvgIpc) is 3.13. The fourth-order valence-electron chi connectivity index (χ4n) is 3.02. The average molecular weight is 385 g/mol. The second kappa shape index (κ2) is 7.04. The van der Waals surface area contributed by atoms with E-state index in [1.165, 1.54) is 19.3 Å². The summed E-state index contributed by atoms with van der Waals surface area (Å²) in [6, 6.07) is 7.70. The van der Waals surface area contributed by atoms with Gasteiger partial charge in [-0.05, 0) is 50.5 Å². The highest BCUT2D eigenvalue weighted by Crippen LogP contribution is 2.64. The zero-order valence-corrected chi connectivity index (χ0v) is 15.7. The minimum absolute atomic E-state index is 0.335. The third-order valence-corrected chi connectivity index (χ3v) is 6.02. The summed E-state index contributed by atoms with van der Waals surface area (Å²) < 4.78 is 3.94. The largest absolute Gasteiger partial charge is 0.455 e. The quantitative estimate of drug-likeness (QED) is 0.620. The van der Waals surface area contributed by atoms with Crippen molar-refractivity contribution in [2.45, 2.75) is 36.9 Å². The fourth-order valence-corrected chi connectivity index (χ4v) is 3.71. The maximum atomic E-state index is 11.9. The lowest BCUT2D eigenvalue weighted by Gasteiger charge is -2.28. The van der Waals surface area contributed by atoms with Gasteiger partial charge in [-0.2, -0.15) is 0 Å². The Morgan fingerprint density at radius 1 is 1.16 bits per heavy atom. The van der Waals surface area contributed by atoms with E-state index >= 15 is 0 Å². The van der Waals surface area contributed by atoms with Gasteiger partial charge in [-0.15, -0.1) is 23.2 Å². The summed E-state index contributed by atoms with van der Waals surface area (Å²) in [5.41, 5.74) is 0.904. The van der Waals surface area contributed by atoms with Crippen LogP contribution in [0.1, 0.15) is 32.6 Å². The zero-order chi connectivity index (χ0) is 18.1. The van der Waals surface area contributed by atoms with Gasteiger partial charge in [0.25, 0.3) is 5.91 Å². The molecule has 7 heteroatoms. The second-order valence-corrected chi connectivity index (χ2v) is 8.42. The van der Waals surface area contributed by atoms with Gasteiger partial charge in [-0.1, -0.05) is 0 Å². The zero-order valence-electron chi connectivity index (χ0n) is 14.2. The van der Waals surface area contributed by atoms with E-state index in [0.717, 1.165) is 18.8 Å². The van der Waals surface area contributed by atoms with E-state index in [2.05, 4.69) is 10.2 Å². The van der Waals surface area contributed by atoms with Gasteiger partial charge in [0.05, 0.1) is 0 Å². The van der Waals surface area contributed by atoms with Crippen molar-refractivity contribution in [2.75, 3.05) is 29.9 Å².